The maximum Gasteiger partial charge on any atom is 0.260 e. The van der Waals surface area contributed by atoms with E-state index in [2.05, 4.69) is 4.72 Å². The lowest BCUT2D eigenvalue weighted by molar-refractivity contribution is 0.0812. The van der Waals surface area contributed by atoms with E-state index in [1.807, 2.05) is 47.4 Å². The molecule has 1 fully saturated rings. The maximum atomic E-state index is 13.3. The number of sulfonamides is 1. The molecule has 3 atom stereocenters. The summed E-state index contributed by atoms with van der Waals surface area (Å²) in [5, 5.41) is 12.0. The molecular formula is C26H26ClN3O4S. The summed E-state index contributed by atoms with van der Waals surface area (Å²) in [7, 11) is -2.12. The second-order valence-electron chi connectivity index (χ2n) is 8.91. The van der Waals surface area contributed by atoms with E-state index in [1.54, 1.807) is 18.0 Å². The zero-order valence-electron chi connectivity index (χ0n) is 19.1. The highest BCUT2D eigenvalue weighted by atomic mass is 35.5. The van der Waals surface area contributed by atoms with Gasteiger partial charge in [0.1, 0.15) is 0 Å². The number of fused-ring (bicyclic) bond motifs is 2. The highest BCUT2D eigenvalue weighted by Gasteiger charge is 2.41. The third-order valence-electron chi connectivity index (χ3n) is 6.78. The molecule has 3 aromatic rings. The molecule has 5 rings (SSSR count). The monoisotopic (exact) mass is 511 g/mol. The van der Waals surface area contributed by atoms with E-state index in [0.29, 0.717) is 35.5 Å². The van der Waals surface area contributed by atoms with E-state index in [9.17, 15) is 18.3 Å². The molecule has 1 unspecified atom stereocenters. The van der Waals surface area contributed by atoms with E-state index in [0.717, 1.165) is 11.4 Å². The fourth-order valence-corrected chi connectivity index (χ4v) is 6.45. The Bertz CT molecular complexity index is 1360. The van der Waals surface area contributed by atoms with Gasteiger partial charge in [-0.15, -0.1) is 0 Å². The van der Waals surface area contributed by atoms with Gasteiger partial charge in [0.05, 0.1) is 45.7 Å². The van der Waals surface area contributed by atoms with Crippen LogP contribution in [0.4, 0.5) is 17.1 Å². The second-order valence-corrected chi connectivity index (χ2v) is 11.1. The molecule has 1 amide bonds. The fraction of sp³-hybridized carbons (Fsp3) is 0.269. The van der Waals surface area contributed by atoms with E-state index < -0.39 is 28.2 Å². The van der Waals surface area contributed by atoms with Gasteiger partial charge in [0.2, 0.25) is 10.0 Å². The predicted molar refractivity (Wildman–Crippen MR) is 137 cm³/mol. The first-order valence-electron chi connectivity index (χ1n) is 11.5. The zero-order chi connectivity index (χ0) is 24.7. The van der Waals surface area contributed by atoms with Gasteiger partial charge in [0, 0.05) is 12.1 Å². The molecule has 7 nitrogen and oxygen atoms in total. The Morgan fingerprint density at radius 3 is 2.26 bits per heavy atom. The van der Waals surface area contributed by atoms with Crippen molar-refractivity contribution in [1.29, 1.82) is 0 Å². The highest BCUT2D eigenvalue weighted by molar-refractivity contribution is 7.89. The number of benzene rings is 3. The van der Waals surface area contributed by atoms with Crippen LogP contribution in [0.3, 0.4) is 0 Å². The van der Waals surface area contributed by atoms with Crippen molar-refractivity contribution in [2.75, 3.05) is 16.8 Å². The average Bonchev–Trinajstić information content (AvgIpc) is 2.94. The number of halogens is 1. The van der Waals surface area contributed by atoms with Gasteiger partial charge in [-0.1, -0.05) is 35.9 Å². The number of carbonyl (C=O) groups excluding carboxylic acids is 1. The van der Waals surface area contributed by atoms with Gasteiger partial charge < -0.3 is 14.9 Å². The number of hydrogen-bond donors (Lipinski definition) is 2. The van der Waals surface area contributed by atoms with Crippen LogP contribution in [0.1, 0.15) is 29.6 Å². The summed E-state index contributed by atoms with van der Waals surface area (Å²) in [5.41, 5.74) is 2.74. The van der Waals surface area contributed by atoms with Crippen molar-refractivity contribution in [3.8, 4) is 0 Å². The molecule has 1 aliphatic heterocycles. The Balaban J connectivity index is 1.53. The largest absolute Gasteiger partial charge is 0.389 e. The third-order valence-corrected chi connectivity index (χ3v) is 8.54. The van der Waals surface area contributed by atoms with Crippen molar-refractivity contribution < 1.29 is 18.3 Å². The van der Waals surface area contributed by atoms with Crippen LogP contribution in [0, 0.1) is 0 Å². The summed E-state index contributed by atoms with van der Waals surface area (Å²) in [4.78, 5) is 17.0. The molecule has 2 N–H and O–H groups in total. The Kier molecular flexibility index (Phi) is 6.31. The van der Waals surface area contributed by atoms with E-state index in [4.69, 9.17) is 11.6 Å². The van der Waals surface area contributed by atoms with Crippen LogP contribution in [0.15, 0.2) is 77.7 Å². The van der Waals surface area contributed by atoms with Gasteiger partial charge in [-0.25, -0.2) is 13.1 Å². The van der Waals surface area contributed by atoms with Crippen molar-refractivity contribution in [2.24, 2.45) is 0 Å². The van der Waals surface area contributed by atoms with Crippen LogP contribution in [-0.2, 0) is 10.0 Å². The minimum Gasteiger partial charge on any atom is -0.389 e. The maximum absolute atomic E-state index is 13.3. The molecule has 3 aromatic carbocycles. The molecule has 9 heteroatoms. The van der Waals surface area contributed by atoms with Gasteiger partial charge in [-0.2, -0.15) is 0 Å². The number of nitrogens with zero attached hydrogens (tertiary/aromatic N) is 2. The zero-order valence-corrected chi connectivity index (χ0v) is 20.7. The lowest BCUT2D eigenvalue weighted by Crippen LogP contribution is -2.55. The average molecular weight is 512 g/mol. The van der Waals surface area contributed by atoms with Crippen LogP contribution in [0.2, 0.25) is 5.02 Å². The van der Waals surface area contributed by atoms with Crippen LogP contribution >= 0.6 is 11.6 Å². The van der Waals surface area contributed by atoms with E-state index in [-0.39, 0.29) is 10.8 Å². The molecule has 182 valence electrons. The van der Waals surface area contributed by atoms with Crippen LogP contribution in [0.25, 0.3) is 0 Å². The molecule has 0 radical (unpaired) electrons. The van der Waals surface area contributed by atoms with Crippen molar-refractivity contribution in [1.82, 2.24) is 4.72 Å². The van der Waals surface area contributed by atoms with Gasteiger partial charge in [0.15, 0.2) is 0 Å². The number of hydrogen-bond acceptors (Lipinski definition) is 5. The number of amides is 1. The minimum atomic E-state index is -3.86. The van der Waals surface area contributed by atoms with Gasteiger partial charge in [-0.3, -0.25) is 4.79 Å². The molecule has 1 heterocycles. The molecule has 0 saturated heterocycles. The van der Waals surface area contributed by atoms with Crippen LogP contribution in [0.5, 0.6) is 0 Å². The summed E-state index contributed by atoms with van der Waals surface area (Å²) in [5.74, 6) is -0.138. The SMILES string of the molecule is CN1C(=O)c2ccccc2N(C2CCC[C@@H](NS(=O)(=O)c3ccc(Cl)cc3)[C@@H]2O)c2ccccc21. The van der Waals surface area contributed by atoms with E-state index in [1.165, 1.54) is 24.3 Å². The summed E-state index contributed by atoms with van der Waals surface area (Å²) >= 11 is 5.91. The van der Waals surface area contributed by atoms with E-state index >= 15 is 0 Å². The highest BCUT2D eigenvalue weighted by Crippen LogP contribution is 2.44. The first-order valence-corrected chi connectivity index (χ1v) is 13.4. The first kappa shape index (κ1) is 23.8. The number of para-hydroxylation sites is 3. The van der Waals surface area contributed by atoms with Crippen LogP contribution in [-0.4, -0.2) is 44.7 Å². The number of rotatable bonds is 4. The quantitative estimate of drug-likeness (QED) is 0.544. The number of aliphatic hydroxyl groups excluding tert-OH is 1. The van der Waals surface area contributed by atoms with Gasteiger partial charge in [-0.05, 0) is 67.8 Å². The molecule has 2 aliphatic rings. The molecule has 0 spiro atoms. The number of nitrogens with one attached hydrogen (secondary N) is 1. The molecule has 0 bridgehead atoms. The lowest BCUT2D eigenvalue weighted by atomic mass is 9.86. The van der Waals surface area contributed by atoms with Crippen molar-refractivity contribution >= 4 is 44.6 Å². The topological polar surface area (TPSA) is 90.0 Å². The normalized spacial score (nSPS) is 22.4. The third kappa shape index (κ3) is 4.31. The van der Waals surface area contributed by atoms with Crippen LogP contribution < -0.4 is 14.5 Å². The lowest BCUT2D eigenvalue weighted by Gasteiger charge is -2.43. The number of aliphatic hydroxyl groups is 1. The standard InChI is InChI=1S/C26H26ClN3O4S/c1-29-22-10-4-5-11-23(22)30(21-9-3-2-7-19(21)26(29)32)24-12-6-8-20(25(24)31)28-35(33,34)18-15-13-17(27)14-16-18/h2-5,7,9-11,13-16,20,24-25,28,31H,6,8,12H2,1H3/t20-,24?,25+/m1/s1. The predicted octanol–water partition coefficient (Wildman–Crippen LogP) is 4.33. The summed E-state index contributed by atoms with van der Waals surface area (Å²) in [6.45, 7) is 0. The van der Waals surface area contributed by atoms with Crippen molar-refractivity contribution in [2.45, 2.75) is 42.3 Å². The first-order chi connectivity index (χ1) is 16.8. The molecule has 1 saturated carbocycles. The summed E-state index contributed by atoms with van der Waals surface area (Å²) < 4.78 is 28.8. The van der Waals surface area contributed by atoms with Gasteiger partial charge >= 0.3 is 0 Å². The van der Waals surface area contributed by atoms with Crippen molar-refractivity contribution in [3.63, 3.8) is 0 Å². The van der Waals surface area contributed by atoms with Crippen molar-refractivity contribution in [3.05, 3.63) is 83.4 Å². The molecule has 0 aromatic heterocycles. The fourth-order valence-electron chi connectivity index (χ4n) is 5.04. The van der Waals surface area contributed by atoms with Gasteiger partial charge in [0.25, 0.3) is 5.91 Å². The minimum absolute atomic E-state index is 0.0916. The number of carbonyl (C=O) groups is 1. The Morgan fingerprint density at radius 2 is 1.54 bits per heavy atom. The molecule has 35 heavy (non-hydrogen) atoms. The Morgan fingerprint density at radius 1 is 0.914 bits per heavy atom. The molecular weight excluding hydrogens is 486 g/mol. The smallest absolute Gasteiger partial charge is 0.260 e. The summed E-state index contributed by atoms with van der Waals surface area (Å²) in [6.07, 6.45) is 0.840. The Hall–Kier alpha value is -2.91. The summed E-state index contributed by atoms with van der Waals surface area (Å²) in [6, 6.07) is 19.7. The number of anilines is 3. The second kappa shape index (κ2) is 9.28. The Labute approximate surface area is 210 Å². The molecule has 1 aliphatic carbocycles.